The second kappa shape index (κ2) is 4.31. The predicted octanol–water partition coefficient (Wildman–Crippen LogP) is 2.15. The number of aliphatic hydroxyl groups excluding tert-OH is 1. The van der Waals surface area contributed by atoms with E-state index in [0.717, 1.165) is 19.4 Å². The van der Waals surface area contributed by atoms with Crippen LogP contribution in [0.4, 0.5) is 0 Å². The smallest absolute Gasteiger partial charge is 0.165 e. The molecule has 1 unspecified atom stereocenters. The first-order chi connectivity index (χ1) is 11.1. The van der Waals surface area contributed by atoms with Gasteiger partial charge in [0.1, 0.15) is 12.2 Å². The van der Waals surface area contributed by atoms with Gasteiger partial charge in [-0.15, -0.1) is 0 Å². The number of ether oxygens (including phenoxy) is 1. The quantitative estimate of drug-likeness (QED) is 0.780. The van der Waals surface area contributed by atoms with Crippen molar-refractivity contribution in [1.82, 2.24) is 4.90 Å². The molecule has 4 heteroatoms. The van der Waals surface area contributed by atoms with Crippen molar-refractivity contribution < 1.29 is 14.9 Å². The van der Waals surface area contributed by atoms with Crippen molar-refractivity contribution in [3.63, 3.8) is 0 Å². The Hall–Kier alpha value is -1.52. The molecule has 2 bridgehead atoms. The third-order valence-corrected chi connectivity index (χ3v) is 6.81. The third kappa shape index (κ3) is 1.41. The standard InChI is InChI=1S/C19H23NO3/c1-3-10-11-4-6-13(21)17-15(11)19-8-9-20(2)16(10)12(19)5-7-14(22)18(19)23-17/h4-7,10,12,14,16,18,21-22H,3,8-9H2,1-2H3/t10?,12-,14-,16+,18-,19-/m0/s1. The largest absolute Gasteiger partial charge is 0.504 e. The lowest BCUT2D eigenvalue weighted by Gasteiger charge is -2.58. The lowest BCUT2D eigenvalue weighted by atomic mass is 9.51. The summed E-state index contributed by atoms with van der Waals surface area (Å²) in [6.07, 6.45) is 5.29. The highest BCUT2D eigenvalue weighted by atomic mass is 16.5. The molecule has 2 aliphatic heterocycles. The zero-order valence-electron chi connectivity index (χ0n) is 13.6. The van der Waals surface area contributed by atoms with Crippen molar-refractivity contribution in [1.29, 1.82) is 0 Å². The van der Waals surface area contributed by atoms with Crippen molar-refractivity contribution in [2.45, 2.75) is 49.3 Å². The van der Waals surface area contributed by atoms with E-state index in [2.05, 4.69) is 31.0 Å². The number of likely N-dealkylation sites (N-methyl/N-ethyl adjacent to an activating group) is 1. The van der Waals surface area contributed by atoms with Crippen LogP contribution in [0.5, 0.6) is 11.5 Å². The molecular formula is C19H23NO3. The summed E-state index contributed by atoms with van der Waals surface area (Å²) in [5, 5.41) is 20.9. The van der Waals surface area contributed by atoms with E-state index in [0.29, 0.717) is 23.6 Å². The minimum absolute atomic E-state index is 0.180. The van der Waals surface area contributed by atoms with Crippen LogP contribution < -0.4 is 4.74 Å². The maximum atomic E-state index is 10.6. The van der Waals surface area contributed by atoms with Gasteiger partial charge in [0, 0.05) is 28.9 Å². The van der Waals surface area contributed by atoms with E-state index >= 15 is 0 Å². The highest BCUT2D eigenvalue weighted by Gasteiger charge is 2.65. The number of aliphatic hydroxyl groups is 1. The van der Waals surface area contributed by atoms with Gasteiger partial charge in [-0.05, 0) is 38.1 Å². The summed E-state index contributed by atoms with van der Waals surface area (Å²) in [7, 11) is 2.22. The van der Waals surface area contributed by atoms with Crippen LogP contribution in [0.25, 0.3) is 0 Å². The Kier molecular flexibility index (Phi) is 2.60. The molecule has 0 aromatic heterocycles. The number of phenols is 1. The van der Waals surface area contributed by atoms with Crippen LogP contribution in [0.2, 0.25) is 0 Å². The minimum Gasteiger partial charge on any atom is -0.504 e. The average Bonchev–Trinajstić information content (AvgIpc) is 2.90. The normalized spacial score (nSPS) is 43.2. The van der Waals surface area contributed by atoms with E-state index in [1.807, 2.05) is 6.08 Å². The SMILES string of the molecule is CCC1c2ccc(O)c3c2[C@]24CCN(C)[C@H]1[C@@H]2C=C[C@H](O)[C@@H]4O3. The molecule has 122 valence electrons. The topological polar surface area (TPSA) is 52.9 Å². The molecule has 1 spiro atoms. The fraction of sp³-hybridized carbons (Fsp3) is 0.579. The van der Waals surface area contributed by atoms with Gasteiger partial charge in [0.25, 0.3) is 0 Å². The molecule has 23 heavy (non-hydrogen) atoms. The van der Waals surface area contributed by atoms with Gasteiger partial charge in [0.05, 0.1) is 0 Å². The Bertz CT molecular complexity index is 715. The Morgan fingerprint density at radius 1 is 1.35 bits per heavy atom. The van der Waals surface area contributed by atoms with Gasteiger partial charge in [0.2, 0.25) is 0 Å². The van der Waals surface area contributed by atoms with Gasteiger partial charge in [0.15, 0.2) is 11.5 Å². The first kappa shape index (κ1) is 13.9. The Labute approximate surface area is 136 Å². The zero-order valence-corrected chi connectivity index (χ0v) is 13.6. The number of rotatable bonds is 1. The van der Waals surface area contributed by atoms with Gasteiger partial charge >= 0.3 is 0 Å². The number of hydrogen-bond donors (Lipinski definition) is 2. The molecule has 0 saturated carbocycles. The monoisotopic (exact) mass is 313 g/mol. The van der Waals surface area contributed by atoms with Crippen molar-refractivity contribution in [3.8, 4) is 11.5 Å². The molecule has 1 fully saturated rings. The summed E-state index contributed by atoms with van der Waals surface area (Å²) in [4.78, 5) is 2.48. The lowest BCUT2D eigenvalue weighted by Crippen LogP contribution is -2.65. The highest BCUT2D eigenvalue weighted by Crippen LogP contribution is 2.65. The molecular weight excluding hydrogens is 290 g/mol. The molecule has 6 atom stereocenters. The molecule has 1 aromatic rings. The second-order valence-corrected chi connectivity index (χ2v) is 7.59. The molecule has 4 aliphatic rings. The van der Waals surface area contributed by atoms with Crippen LogP contribution in [-0.2, 0) is 5.41 Å². The van der Waals surface area contributed by atoms with Gasteiger partial charge in [-0.25, -0.2) is 0 Å². The number of phenolic OH excluding ortho intramolecular Hbond substituents is 1. The third-order valence-electron chi connectivity index (χ3n) is 6.81. The molecule has 1 aromatic carbocycles. The molecule has 1 saturated heterocycles. The summed E-state index contributed by atoms with van der Waals surface area (Å²) in [5.74, 6) is 1.62. The number of likely N-dealkylation sites (tertiary alicyclic amines) is 1. The van der Waals surface area contributed by atoms with Crippen LogP contribution in [-0.4, -0.2) is 47.0 Å². The van der Waals surface area contributed by atoms with Gasteiger partial charge < -0.3 is 19.8 Å². The highest BCUT2D eigenvalue weighted by molar-refractivity contribution is 5.62. The Morgan fingerprint density at radius 2 is 2.17 bits per heavy atom. The number of piperidine rings is 1. The van der Waals surface area contributed by atoms with Crippen LogP contribution in [0, 0.1) is 5.92 Å². The number of nitrogens with zero attached hydrogens (tertiary/aromatic N) is 1. The summed E-state index contributed by atoms with van der Waals surface area (Å²) >= 11 is 0. The maximum Gasteiger partial charge on any atom is 0.165 e. The van der Waals surface area contributed by atoms with Crippen molar-refractivity contribution in [2.24, 2.45) is 5.92 Å². The van der Waals surface area contributed by atoms with Gasteiger partial charge in [-0.2, -0.15) is 0 Å². The van der Waals surface area contributed by atoms with Crippen molar-refractivity contribution >= 4 is 0 Å². The van der Waals surface area contributed by atoms with Crippen molar-refractivity contribution in [3.05, 3.63) is 35.4 Å². The maximum absolute atomic E-state index is 10.6. The number of hydrogen-bond acceptors (Lipinski definition) is 4. The fourth-order valence-corrected chi connectivity index (χ4v) is 5.95. The van der Waals surface area contributed by atoms with Crippen LogP contribution >= 0.6 is 0 Å². The van der Waals surface area contributed by atoms with Gasteiger partial charge in [-0.1, -0.05) is 25.1 Å². The predicted molar refractivity (Wildman–Crippen MR) is 86.9 cm³/mol. The second-order valence-electron chi connectivity index (χ2n) is 7.59. The first-order valence-corrected chi connectivity index (χ1v) is 8.69. The summed E-state index contributed by atoms with van der Waals surface area (Å²) < 4.78 is 6.18. The lowest BCUT2D eigenvalue weighted by molar-refractivity contribution is -0.0526. The number of benzene rings is 1. The van der Waals surface area contributed by atoms with E-state index in [4.69, 9.17) is 4.74 Å². The van der Waals surface area contributed by atoms with Crippen LogP contribution in [0.3, 0.4) is 0 Å². The fourth-order valence-electron chi connectivity index (χ4n) is 5.95. The Balaban J connectivity index is 1.86. The molecule has 0 radical (unpaired) electrons. The molecule has 4 nitrogen and oxygen atoms in total. The van der Waals surface area contributed by atoms with E-state index in [-0.39, 0.29) is 17.3 Å². The molecule has 2 heterocycles. The van der Waals surface area contributed by atoms with E-state index in [9.17, 15) is 10.2 Å². The minimum atomic E-state index is -0.604. The van der Waals surface area contributed by atoms with Crippen molar-refractivity contribution in [2.75, 3.05) is 13.6 Å². The summed E-state index contributed by atoms with van der Waals surface area (Å²) in [5.41, 5.74) is 2.32. The Morgan fingerprint density at radius 3 is 2.96 bits per heavy atom. The number of aromatic hydroxyl groups is 1. The van der Waals surface area contributed by atoms with E-state index < -0.39 is 6.10 Å². The molecule has 2 N–H and O–H groups in total. The average molecular weight is 313 g/mol. The van der Waals surface area contributed by atoms with Gasteiger partial charge in [-0.3, -0.25) is 0 Å². The van der Waals surface area contributed by atoms with Crippen LogP contribution in [0.1, 0.15) is 36.8 Å². The zero-order chi connectivity index (χ0) is 15.9. The summed E-state index contributed by atoms with van der Waals surface area (Å²) in [6.45, 7) is 3.25. The molecule has 5 rings (SSSR count). The van der Waals surface area contributed by atoms with Crippen LogP contribution in [0.15, 0.2) is 24.3 Å². The summed E-state index contributed by atoms with van der Waals surface area (Å²) in [6, 6.07) is 4.29. The molecule has 0 amide bonds. The van der Waals surface area contributed by atoms with E-state index in [1.165, 1.54) is 11.1 Å². The first-order valence-electron chi connectivity index (χ1n) is 8.69. The van der Waals surface area contributed by atoms with E-state index in [1.54, 1.807) is 6.07 Å². The molecule has 2 aliphatic carbocycles.